The number of nitrogens with zero attached hydrogens (tertiary/aromatic N) is 2. The van der Waals surface area contributed by atoms with Crippen LogP contribution in [0.3, 0.4) is 0 Å². The van der Waals surface area contributed by atoms with Crippen molar-refractivity contribution in [3.63, 3.8) is 0 Å². The van der Waals surface area contributed by atoms with Gasteiger partial charge in [0.05, 0.1) is 0 Å². The summed E-state index contributed by atoms with van der Waals surface area (Å²) >= 11 is 0. The summed E-state index contributed by atoms with van der Waals surface area (Å²) < 4.78 is 5.37. The molecule has 0 atom stereocenters. The van der Waals surface area contributed by atoms with Gasteiger partial charge in [-0.2, -0.15) is 0 Å². The predicted molar refractivity (Wildman–Crippen MR) is 95.3 cm³/mol. The Labute approximate surface area is 150 Å². The SMILES string of the molecule is Cl.Cl.NC1CN(C2CCN(C(=O)OCc3ccccc3)CC2)C1. The van der Waals surface area contributed by atoms with E-state index < -0.39 is 0 Å². The van der Waals surface area contributed by atoms with Gasteiger partial charge < -0.3 is 15.4 Å². The van der Waals surface area contributed by atoms with Crippen molar-refractivity contribution in [2.24, 2.45) is 5.73 Å². The molecule has 0 radical (unpaired) electrons. The highest BCUT2D eigenvalue weighted by Gasteiger charge is 2.33. The van der Waals surface area contributed by atoms with Crippen molar-refractivity contribution in [2.45, 2.75) is 31.5 Å². The molecule has 3 rings (SSSR count). The van der Waals surface area contributed by atoms with E-state index in [9.17, 15) is 4.79 Å². The van der Waals surface area contributed by atoms with Crippen LogP contribution in [0, 0.1) is 0 Å². The lowest BCUT2D eigenvalue weighted by molar-refractivity contribution is 0.0388. The summed E-state index contributed by atoms with van der Waals surface area (Å²) in [6.45, 7) is 3.92. The molecule has 2 aliphatic heterocycles. The number of carbonyl (C=O) groups is 1. The molecule has 1 aromatic rings. The molecule has 2 fully saturated rings. The number of carbonyl (C=O) groups excluding carboxylic acids is 1. The van der Waals surface area contributed by atoms with E-state index in [0.29, 0.717) is 18.7 Å². The van der Waals surface area contributed by atoms with Gasteiger partial charge in [0.15, 0.2) is 0 Å². The van der Waals surface area contributed by atoms with Gasteiger partial charge >= 0.3 is 6.09 Å². The Morgan fingerprint density at radius 2 is 1.74 bits per heavy atom. The zero-order chi connectivity index (χ0) is 14.7. The third kappa shape index (κ3) is 5.24. The van der Waals surface area contributed by atoms with Gasteiger partial charge in [0.25, 0.3) is 0 Å². The maximum atomic E-state index is 12.1. The minimum Gasteiger partial charge on any atom is -0.445 e. The molecular weight excluding hydrogens is 337 g/mol. The van der Waals surface area contributed by atoms with E-state index in [-0.39, 0.29) is 30.9 Å². The number of rotatable bonds is 3. The first kappa shape index (κ1) is 20.0. The fraction of sp³-hybridized carbons (Fsp3) is 0.562. The maximum Gasteiger partial charge on any atom is 0.410 e. The molecule has 2 aliphatic rings. The molecule has 1 amide bonds. The van der Waals surface area contributed by atoms with Crippen LogP contribution in [0.2, 0.25) is 0 Å². The van der Waals surface area contributed by atoms with E-state index in [0.717, 1.165) is 44.6 Å². The minimum absolute atomic E-state index is 0. The fourth-order valence-electron chi connectivity index (χ4n) is 3.07. The maximum absolute atomic E-state index is 12.1. The highest BCUT2D eigenvalue weighted by atomic mass is 35.5. The first-order valence-electron chi connectivity index (χ1n) is 7.67. The molecular formula is C16H25Cl2N3O2. The van der Waals surface area contributed by atoms with Crippen molar-refractivity contribution in [1.29, 1.82) is 0 Å². The third-order valence-electron chi connectivity index (χ3n) is 4.38. The van der Waals surface area contributed by atoms with Gasteiger partial charge in [0, 0.05) is 38.3 Å². The highest BCUT2D eigenvalue weighted by Crippen LogP contribution is 2.21. The number of halogens is 2. The number of hydrogen-bond acceptors (Lipinski definition) is 4. The fourth-order valence-corrected chi connectivity index (χ4v) is 3.07. The van der Waals surface area contributed by atoms with E-state index >= 15 is 0 Å². The number of piperidine rings is 1. The van der Waals surface area contributed by atoms with Crippen molar-refractivity contribution in [3.05, 3.63) is 35.9 Å². The number of likely N-dealkylation sites (tertiary alicyclic amines) is 2. The first-order chi connectivity index (χ1) is 10.2. The standard InChI is InChI=1S/C16H23N3O2.2ClH/c17-14-10-19(11-14)15-6-8-18(9-7-15)16(20)21-12-13-4-2-1-3-5-13;;/h1-5,14-15H,6-12,17H2;2*1H. The molecule has 2 N–H and O–H groups in total. The van der Waals surface area contributed by atoms with Crippen molar-refractivity contribution in [1.82, 2.24) is 9.80 Å². The van der Waals surface area contributed by atoms with Crippen LogP contribution in [-0.2, 0) is 11.3 Å². The minimum atomic E-state index is -0.197. The number of nitrogens with two attached hydrogens (primary N) is 1. The monoisotopic (exact) mass is 361 g/mol. The second kappa shape index (κ2) is 9.33. The molecule has 7 heteroatoms. The van der Waals surface area contributed by atoms with Crippen molar-refractivity contribution >= 4 is 30.9 Å². The largest absolute Gasteiger partial charge is 0.445 e. The number of hydrogen-bond donors (Lipinski definition) is 1. The zero-order valence-corrected chi connectivity index (χ0v) is 14.7. The van der Waals surface area contributed by atoms with Crippen LogP contribution in [0.4, 0.5) is 4.79 Å². The number of amides is 1. The molecule has 0 bridgehead atoms. The van der Waals surface area contributed by atoms with Gasteiger partial charge in [-0.3, -0.25) is 4.90 Å². The van der Waals surface area contributed by atoms with Crippen LogP contribution < -0.4 is 5.73 Å². The summed E-state index contributed by atoms with van der Waals surface area (Å²) in [5, 5.41) is 0. The third-order valence-corrected chi connectivity index (χ3v) is 4.38. The molecule has 0 spiro atoms. The normalized spacial score (nSPS) is 19.3. The predicted octanol–water partition coefficient (Wildman–Crippen LogP) is 2.27. The van der Waals surface area contributed by atoms with Gasteiger partial charge in [-0.15, -0.1) is 24.8 Å². The Bertz CT molecular complexity index is 475. The molecule has 5 nitrogen and oxygen atoms in total. The molecule has 1 aromatic carbocycles. The summed E-state index contributed by atoms with van der Waals surface area (Å²) in [4.78, 5) is 16.3. The van der Waals surface area contributed by atoms with Crippen LogP contribution in [0.5, 0.6) is 0 Å². The molecule has 0 aliphatic carbocycles. The Morgan fingerprint density at radius 3 is 2.30 bits per heavy atom. The molecule has 2 heterocycles. The van der Waals surface area contributed by atoms with E-state index in [1.54, 1.807) is 0 Å². The van der Waals surface area contributed by atoms with Gasteiger partial charge in [-0.05, 0) is 18.4 Å². The summed E-state index contributed by atoms with van der Waals surface area (Å²) in [6.07, 6.45) is 1.85. The van der Waals surface area contributed by atoms with E-state index in [1.807, 2.05) is 35.2 Å². The van der Waals surface area contributed by atoms with Gasteiger partial charge in [0.2, 0.25) is 0 Å². The lowest BCUT2D eigenvalue weighted by Gasteiger charge is -2.45. The lowest BCUT2D eigenvalue weighted by atomic mass is 9.98. The van der Waals surface area contributed by atoms with Crippen LogP contribution >= 0.6 is 24.8 Å². The Kier molecular flexibility index (Phi) is 8.12. The molecule has 0 saturated carbocycles. The average molecular weight is 362 g/mol. The van der Waals surface area contributed by atoms with E-state index in [4.69, 9.17) is 10.5 Å². The van der Waals surface area contributed by atoms with Crippen LogP contribution in [-0.4, -0.2) is 54.2 Å². The first-order valence-corrected chi connectivity index (χ1v) is 7.67. The highest BCUT2D eigenvalue weighted by molar-refractivity contribution is 5.85. The second-order valence-corrected chi connectivity index (χ2v) is 5.97. The van der Waals surface area contributed by atoms with Crippen molar-refractivity contribution in [2.75, 3.05) is 26.2 Å². The van der Waals surface area contributed by atoms with Crippen LogP contribution in [0.25, 0.3) is 0 Å². The van der Waals surface area contributed by atoms with E-state index in [1.165, 1.54) is 0 Å². The summed E-state index contributed by atoms with van der Waals surface area (Å²) in [5.41, 5.74) is 6.84. The lowest BCUT2D eigenvalue weighted by Crippen LogP contribution is -2.61. The topological polar surface area (TPSA) is 58.8 Å². The Morgan fingerprint density at radius 1 is 1.13 bits per heavy atom. The molecule has 23 heavy (non-hydrogen) atoms. The van der Waals surface area contributed by atoms with Crippen LogP contribution in [0.1, 0.15) is 18.4 Å². The van der Waals surface area contributed by atoms with Crippen molar-refractivity contribution in [3.8, 4) is 0 Å². The van der Waals surface area contributed by atoms with Gasteiger partial charge in [-0.1, -0.05) is 30.3 Å². The molecule has 0 unspecified atom stereocenters. The molecule has 0 aromatic heterocycles. The molecule has 2 saturated heterocycles. The average Bonchev–Trinajstić information content (AvgIpc) is 2.51. The Hall–Kier alpha value is -1.01. The summed E-state index contributed by atoms with van der Waals surface area (Å²) in [6, 6.07) is 10.7. The zero-order valence-electron chi connectivity index (χ0n) is 13.1. The number of ether oxygens (including phenoxy) is 1. The number of benzene rings is 1. The molecule has 130 valence electrons. The van der Waals surface area contributed by atoms with E-state index in [2.05, 4.69) is 4.90 Å². The Balaban J connectivity index is 0.00000132. The summed E-state index contributed by atoms with van der Waals surface area (Å²) in [5.74, 6) is 0. The van der Waals surface area contributed by atoms with Gasteiger partial charge in [0.1, 0.15) is 6.61 Å². The summed E-state index contributed by atoms with van der Waals surface area (Å²) in [7, 11) is 0. The second-order valence-electron chi connectivity index (χ2n) is 5.97. The smallest absolute Gasteiger partial charge is 0.410 e. The quantitative estimate of drug-likeness (QED) is 0.896. The van der Waals surface area contributed by atoms with Crippen molar-refractivity contribution < 1.29 is 9.53 Å². The van der Waals surface area contributed by atoms with Gasteiger partial charge in [-0.25, -0.2) is 4.79 Å². The van der Waals surface area contributed by atoms with Crippen LogP contribution in [0.15, 0.2) is 30.3 Å².